The van der Waals surface area contributed by atoms with Crippen molar-refractivity contribution in [1.29, 1.82) is 0 Å². The lowest BCUT2D eigenvalue weighted by atomic mass is 10.2. The van der Waals surface area contributed by atoms with Crippen LogP contribution >= 0.6 is 0 Å². The van der Waals surface area contributed by atoms with E-state index in [1.54, 1.807) is 18.2 Å². The Hall–Kier alpha value is -3.09. The standard InChI is InChI=1S/C18H13F3N2O2/c19-12-5-2-1-4-11(12)15-10-22-17(25-15)9-8-16(24)23-18-13(20)6-3-7-14(18)21/h1-7,10H,8-9H2,(H,23,24). The maximum atomic E-state index is 13.7. The number of nitrogens with one attached hydrogen (secondary N) is 1. The van der Waals surface area contributed by atoms with Crippen molar-refractivity contribution < 1.29 is 22.4 Å². The molecule has 3 rings (SSSR count). The Kier molecular flexibility index (Phi) is 4.83. The van der Waals surface area contributed by atoms with Crippen LogP contribution in [0.3, 0.4) is 0 Å². The molecular weight excluding hydrogens is 333 g/mol. The maximum absolute atomic E-state index is 13.7. The van der Waals surface area contributed by atoms with Gasteiger partial charge in [-0.2, -0.15) is 0 Å². The molecule has 0 aliphatic rings. The normalized spacial score (nSPS) is 10.7. The molecule has 0 saturated heterocycles. The molecule has 0 radical (unpaired) electrons. The van der Waals surface area contributed by atoms with Crippen LogP contribution in [0.1, 0.15) is 12.3 Å². The number of carbonyl (C=O) groups is 1. The van der Waals surface area contributed by atoms with Gasteiger partial charge in [0.25, 0.3) is 0 Å². The molecule has 25 heavy (non-hydrogen) atoms. The number of benzene rings is 2. The lowest BCUT2D eigenvalue weighted by molar-refractivity contribution is -0.116. The number of hydrogen-bond acceptors (Lipinski definition) is 3. The second kappa shape index (κ2) is 7.21. The summed E-state index contributed by atoms with van der Waals surface area (Å²) in [6.07, 6.45) is 1.38. The smallest absolute Gasteiger partial charge is 0.225 e. The third-order valence-electron chi connectivity index (χ3n) is 3.49. The molecule has 0 unspecified atom stereocenters. The molecular formula is C18H13F3N2O2. The van der Waals surface area contributed by atoms with E-state index in [4.69, 9.17) is 4.42 Å². The number of hydrogen-bond donors (Lipinski definition) is 1. The molecule has 0 fully saturated rings. The number of anilines is 1. The highest BCUT2D eigenvalue weighted by molar-refractivity contribution is 5.91. The zero-order valence-electron chi connectivity index (χ0n) is 12.9. The summed E-state index contributed by atoms with van der Waals surface area (Å²) in [5, 5.41) is 2.18. The Bertz CT molecular complexity index is 889. The number of rotatable bonds is 5. The van der Waals surface area contributed by atoms with Crippen LogP contribution in [0.5, 0.6) is 0 Å². The highest BCUT2D eigenvalue weighted by Crippen LogP contribution is 2.24. The van der Waals surface area contributed by atoms with Crippen LogP contribution in [0, 0.1) is 17.5 Å². The fourth-order valence-electron chi connectivity index (χ4n) is 2.25. The van der Waals surface area contributed by atoms with Crippen molar-refractivity contribution in [3.05, 3.63) is 72.0 Å². The predicted molar refractivity (Wildman–Crippen MR) is 85.2 cm³/mol. The zero-order chi connectivity index (χ0) is 17.8. The van der Waals surface area contributed by atoms with Gasteiger partial charge in [0.15, 0.2) is 11.7 Å². The van der Waals surface area contributed by atoms with Crippen molar-refractivity contribution in [2.75, 3.05) is 5.32 Å². The molecule has 1 heterocycles. The molecule has 4 nitrogen and oxygen atoms in total. The monoisotopic (exact) mass is 346 g/mol. The summed E-state index contributed by atoms with van der Waals surface area (Å²) in [5.41, 5.74) is -0.230. The average Bonchev–Trinajstić information content (AvgIpc) is 3.06. The highest BCUT2D eigenvalue weighted by Gasteiger charge is 2.14. The lowest BCUT2D eigenvalue weighted by Crippen LogP contribution is -2.14. The molecule has 7 heteroatoms. The topological polar surface area (TPSA) is 55.1 Å². The van der Waals surface area contributed by atoms with E-state index in [2.05, 4.69) is 10.3 Å². The number of aryl methyl sites for hydroxylation is 1. The third kappa shape index (κ3) is 3.88. The molecule has 0 aliphatic heterocycles. The van der Waals surface area contributed by atoms with Crippen LogP contribution in [-0.2, 0) is 11.2 Å². The zero-order valence-corrected chi connectivity index (χ0v) is 12.9. The van der Waals surface area contributed by atoms with Crippen molar-refractivity contribution in [1.82, 2.24) is 4.98 Å². The molecule has 0 spiro atoms. The van der Waals surface area contributed by atoms with Gasteiger partial charge in [-0.25, -0.2) is 18.2 Å². The van der Waals surface area contributed by atoms with Crippen molar-refractivity contribution in [2.24, 2.45) is 0 Å². The fourth-order valence-corrected chi connectivity index (χ4v) is 2.25. The van der Waals surface area contributed by atoms with Gasteiger partial charge in [0.05, 0.1) is 11.8 Å². The van der Waals surface area contributed by atoms with E-state index in [-0.39, 0.29) is 30.1 Å². The molecule has 2 aromatic carbocycles. The van der Waals surface area contributed by atoms with Crippen LogP contribution in [0.25, 0.3) is 11.3 Å². The summed E-state index contributed by atoms with van der Waals surface area (Å²) in [4.78, 5) is 15.8. The summed E-state index contributed by atoms with van der Waals surface area (Å²) in [7, 11) is 0. The van der Waals surface area contributed by atoms with Crippen molar-refractivity contribution in [2.45, 2.75) is 12.8 Å². The molecule has 3 aromatic rings. The number of aromatic nitrogens is 1. The Morgan fingerprint density at radius 3 is 2.40 bits per heavy atom. The van der Waals surface area contributed by atoms with Gasteiger partial charge in [-0.1, -0.05) is 18.2 Å². The maximum Gasteiger partial charge on any atom is 0.225 e. The number of amides is 1. The van der Waals surface area contributed by atoms with E-state index >= 15 is 0 Å². The van der Waals surface area contributed by atoms with E-state index in [1.165, 1.54) is 18.3 Å². The van der Waals surface area contributed by atoms with Gasteiger partial charge in [-0.3, -0.25) is 4.79 Å². The van der Waals surface area contributed by atoms with E-state index in [0.29, 0.717) is 0 Å². The molecule has 1 aromatic heterocycles. The molecule has 0 atom stereocenters. The van der Waals surface area contributed by atoms with Gasteiger partial charge in [0, 0.05) is 12.8 Å². The molecule has 1 amide bonds. The van der Waals surface area contributed by atoms with Gasteiger partial charge in [-0.05, 0) is 24.3 Å². The highest BCUT2D eigenvalue weighted by atomic mass is 19.1. The number of carbonyl (C=O) groups excluding carboxylic acids is 1. The first-order valence-corrected chi connectivity index (χ1v) is 7.48. The summed E-state index contributed by atoms with van der Waals surface area (Å²) in [6, 6.07) is 9.37. The second-order valence-electron chi connectivity index (χ2n) is 5.24. The third-order valence-corrected chi connectivity index (χ3v) is 3.49. The molecule has 1 N–H and O–H groups in total. The summed E-state index contributed by atoms with van der Waals surface area (Å²) in [5.74, 6) is -2.28. The predicted octanol–water partition coefficient (Wildman–Crippen LogP) is 4.33. The van der Waals surface area contributed by atoms with E-state index < -0.39 is 29.0 Å². The number of nitrogens with zero attached hydrogens (tertiary/aromatic N) is 1. The van der Waals surface area contributed by atoms with Gasteiger partial charge < -0.3 is 9.73 Å². The summed E-state index contributed by atoms with van der Waals surface area (Å²) in [6.45, 7) is 0. The Morgan fingerprint density at radius 2 is 1.68 bits per heavy atom. The number of halogens is 3. The molecule has 0 aliphatic carbocycles. The second-order valence-corrected chi connectivity index (χ2v) is 5.24. The lowest BCUT2D eigenvalue weighted by Gasteiger charge is -2.06. The Labute approximate surface area is 141 Å². The van der Waals surface area contributed by atoms with E-state index in [1.807, 2.05) is 0 Å². The van der Waals surface area contributed by atoms with Crippen molar-refractivity contribution >= 4 is 11.6 Å². The summed E-state index contributed by atoms with van der Waals surface area (Å²) >= 11 is 0. The minimum Gasteiger partial charge on any atom is -0.441 e. The average molecular weight is 346 g/mol. The first kappa shape index (κ1) is 16.8. The van der Waals surface area contributed by atoms with Gasteiger partial charge in [0.2, 0.25) is 5.91 Å². The fraction of sp³-hybridized carbons (Fsp3) is 0.111. The largest absolute Gasteiger partial charge is 0.441 e. The minimum atomic E-state index is -0.855. The molecule has 128 valence electrons. The van der Waals surface area contributed by atoms with Gasteiger partial charge in [0.1, 0.15) is 23.1 Å². The quantitative estimate of drug-likeness (QED) is 0.748. The summed E-state index contributed by atoms with van der Waals surface area (Å²) < 4.78 is 46.1. The van der Waals surface area contributed by atoms with E-state index in [0.717, 1.165) is 12.1 Å². The number of para-hydroxylation sites is 1. The van der Waals surface area contributed by atoms with Crippen LogP contribution in [0.15, 0.2) is 53.1 Å². The van der Waals surface area contributed by atoms with Crippen LogP contribution in [0.4, 0.5) is 18.9 Å². The Morgan fingerprint density at radius 1 is 1.00 bits per heavy atom. The van der Waals surface area contributed by atoms with Crippen molar-refractivity contribution in [3.8, 4) is 11.3 Å². The van der Waals surface area contributed by atoms with Crippen LogP contribution in [-0.4, -0.2) is 10.9 Å². The van der Waals surface area contributed by atoms with Gasteiger partial charge in [-0.15, -0.1) is 0 Å². The molecule has 0 saturated carbocycles. The van der Waals surface area contributed by atoms with Crippen molar-refractivity contribution in [3.63, 3.8) is 0 Å². The first-order chi connectivity index (χ1) is 12.0. The van der Waals surface area contributed by atoms with Crippen LogP contribution in [0.2, 0.25) is 0 Å². The van der Waals surface area contributed by atoms with Gasteiger partial charge >= 0.3 is 0 Å². The SMILES string of the molecule is O=C(CCc1ncc(-c2ccccc2F)o1)Nc1c(F)cccc1F. The minimum absolute atomic E-state index is 0.0923. The molecule has 0 bridgehead atoms. The Balaban J connectivity index is 1.63. The first-order valence-electron chi connectivity index (χ1n) is 7.48. The number of oxazole rings is 1. The van der Waals surface area contributed by atoms with Crippen LogP contribution < -0.4 is 5.32 Å². The van der Waals surface area contributed by atoms with E-state index in [9.17, 15) is 18.0 Å².